The molecule has 47 heteroatoms. The number of hydrogen-bond donors (Lipinski definition) is 3. The van der Waals surface area contributed by atoms with E-state index in [1.807, 2.05) is 78.1 Å². The molecule has 0 spiro atoms. The highest BCUT2D eigenvalue weighted by Gasteiger charge is 2.39. The lowest BCUT2D eigenvalue weighted by Crippen LogP contribution is -2.10. The Balaban J connectivity index is 0.000000646. The number of benzene rings is 8. The minimum Gasteiger partial charge on any atom is -0.402 e. The van der Waals surface area contributed by atoms with E-state index >= 15 is 0 Å². The maximum atomic E-state index is 13.4. The van der Waals surface area contributed by atoms with Crippen LogP contribution in [0.1, 0.15) is 0 Å². The molecule has 0 aromatic heterocycles. The molecular formula is C57H30BF40N3O3. The molecule has 8 rings (SSSR count). The topological polar surface area (TPSA) is 70.4 Å². The van der Waals surface area contributed by atoms with Gasteiger partial charge in [0.2, 0.25) is 46.5 Å². The SMILES string of the molecule is CN(C)C.CN(C)C.CN(C)C.Fc1c(F)c(F)c(-c2c(F)c(F)c(F)c(F)c2F)c(F)c1F.Fc1c(F)c(F)c(-c2c(F)c(F)c(F)c(F)c2F)c(F)c1F.Fc1c(F)c(F)c(-c2c(F)c(F)c(F)c(F)c2F)c(F)c1F.Fc1c(F)c(F)c(-c2c(F)c(F)c(F)c(F)c2F)c(F)c1F.OB(O)O. The summed E-state index contributed by atoms with van der Waals surface area (Å²) in [6, 6.07) is 0. The van der Waals surface area contributed by atoms with Crippen molar-refractivity contribution >= 4 is 7.32 Å². The first-order chi connectivity index (χ1) is 47.4. The molecule has 8 aromatic carbocycles. The first-order valence-corrected chi connectivity index (χ1v) is 25.4. The second-order valence-electron chi connectivity index (χ2n) is 19.9. The Bertz CT molecular complexity index is 3460. The Morgan fingerprint density at radius 1 is 0.125 bits per heavy atom. The van der Waals surface area contributed by atoms with Gasteiger partial charge in [-0.3, -0.25) is 0 Å². The standard InChI is InChI=1S/4C12F10.3C3H9N.BH3O3/c4*13-3-1(4(14)8(18)11(21)7(3)17)2-5(15)9(19)12(22)10(20)6(2)16;3*1-4(2)3;2-1(3)4/h;;;;3*1-3H3;2-4H. The summed E-state index contributed by atoms with van der Waals surface area (Å²) in [5.41, 5.74) is -18.1. The van der Waals surface area contributed by atoms with Crippen molar-refractivity contribution in [3.63, 3.8) is 0 Å². The Hall–Kier alpha value is -9.22. The molecule has 0 atom stereocenters. The zero-order valence-corrected chi connectivity index (χ0v) is 51.4. The van der Waals surface area contributed by atoms with Crippen molar-refractivity contribution in [2.75, 3.05) is 63.4 Å². The lowest BCUT2D eigenvalue weighted by molar-refractivity contribution is 0.278. The van der Waals surface area contributed by atoms with Crippen molar-refractivity contribution in [3.05, 3.63) is 233 Å². The third-order valence-corrected chi connectivity index (χ3v) is 10.7. The van der Waals surface area contributed by atoms with Crippen LogP contribution >= 0.6 is 0 Å². The van der Waals surface area contributed by atoms with Crippen LogP contribution in [0.15, 0.2) is 0 Å². The average Bonchev–Trinajstić information content (AvgIpc) is 0.772. The van der Waals surface area contributed by atoms with Crippen LogP contribution < -0.4 is 0 Å². The molecule has 0 amide bonds. The average molecular weight is 1580 g/mol. The maximum absolute atomic E-state index is 13.4. The number of halogens is 40. The van der Waals surface area contributed by atoms with E-state index in [0.717, 1.165) is 0 Å². The van der Waals surface area contributed by atoms with E-state index in [1.54, 1.807) is 0 Å². The molecule has 3 N–H and O–H groups in total. The molecule has 0 aliphatic rings. The first-order valence-electron chi connectivity index (χ1n) is 25.4. The van der Waals surface area contributed by atoms with Gasteiger partial charge < -0.3 is 29.8 Å². The van der Waals surface area contributed by atoms with Crippen LogP contribution in [0.5, 0.6) is 0 Å². The zero-order valence-electron chi connectivity index (χ0n) is 51.4. The fourth-order valence-electron chi connectivity index (χ4n) is 6.60. The highest BCUT2D eigenvalue weighted by molar-refractivity contribution is 6.30. The predicted molar refractivity (Wildman–Crippen MR) is 277 cm³/mol. The predicted octanol–water partition coefficient (Wildman–Crippen LogP) is 17.5. The van der Waals surface area contributed by atoms with Crippen molar-refractivity contribution < 1.29 is 191 Å². The first kappa shape index (κ1) is 92.8. The van der Waals surface area contributed by atoms with Crippen molar-refractivity contribution in [1.82, 2.24) is 14.7 Å². The van der Waals surface area contributed by atoms with Crippen molar-refractivity contribution in [2.45, 2.75) is 0 Å². The highest BCUT2D eigenvalue weighted by atomic mass is 19.2. The van der Waals surface area contributed by atoms with Gasteiger partial charge in [0.25, 0.3) is 0 Å². The Morgan fingerprint density at radius 3 is 0.192 bits per heavy atom. The molecule has 0 saturated heterocycles. The van der Waals surface area contributed by atoms with Gasteiger partial charge in [-0.05, 0) is 63.4 Å². The Kier molecular flexibility index (Phi) is 33.4. The summed E-state index contributed by atoms with van der Waals surface area (Å²) < 4.78 is 525. The number of rotatable bonds is 4. The van der Waals surface area contributed by atoms with Crippen LogP contribution in [0.3, 0.4) is 0 Å². The summed E-state index contributed by atoms with van der Waals surface area (Å²) in [7, 11) is 15.8. The van der Waals surface area contributed by atoms with Crippen LogP contribution in [-0.4, -0.2) is 101 Å². The van der Waals surface area contributed by atoms with E-state index in [4.69, 9.17) is 15.1 Å². The van der Waals surface area contributed by atoms with Gasteiger partial charge in [0, 0.05) is 0 Å². The van der Waals surface area contributed by atoms with Gasteiger partial charge in [0.05, 0.1) is 44.5 Å². The molecule has 0 radical (unpaired) electrons. The van der Waals surface area contributed by atoms with E-state index in [0.29, 0.717) is 0 Å². The lowest BCUT2D eigenvalue weighted by atomic mass is 10.0. The van der Waals surface area contributed by atoms with E-state index < -0.39 is 285 Å². The second-order valence-corrected chi connectivity index (χ2v) is 19.9. The molecule has 0 bridgehead atoms. The second kappa shape index (κ2) is 37.5. The van der Waals surface area contributed by atoms with Gasteiger partial charge in [-0.25, -0.2) is 176 Å². The lowest BCUT2D eigenvalue weighted by Gasteiger charge is -2.11. The normalized spacial score (nSPS) is 10.8. The number of nitrogens with zero attached hydrogens (tertiary/aromatic N) is 3. The summed E-state index contributed by atoms with van der Waals surface area (Å²) in [6.07, 6.45) is 0. The van der Waals surface area contributed by atoms with Gasteiger partial charge in [-0.15, -0.1) is 0 Å². The quantitative estimate of drug-likeness (QED) is 0.0706. The van der Waals surface area contributed by atoms with E-state index in [-0.39, 0.29) is 0 Å². The molecular weight excluding hydrogens is 1550 g/mol. The Morgan fingerprint density at radius 2 is 0.154 bits per heavy atom. The molecule has 0 saturated carbocycles. The van der Waals surface area contributed by atoms with Crippen LogP contribution in [0.25, 0.3) is 44.5 Å². The van der Waals surface area contributed by atoms with Crippen LogP contribution in [-0.2, 0) is 0 Å². The maximum Gasteiger partial charge on any atom is 0.631 e. The van der Waals surface area contributed by atoms with E-state index in [9.17, 15) is 176 Å². The summed E-state index contributed by atoms with van der Waals surface area (Å²) in [6.45, 7) is 0. The summed E-state index contributed by atoms with van der Waals surface area (Å²) >= 11 is 0. The van der Waals surface area contributed by atoms with Crippen LogP contribution in [0.4, 0.5) is 176 Å². The smallest absolute Gasteiger partial charge is 0.402 e. The molecule has 574 valence electrons. The minimum absolute atomic E-state index is 2.00. The summed E-state index contributed by atoms with van der Waals surface area (Å²) in [4.78, 5) is 6.00. The van der Waals surface area contributed by atoms with Gasteiger partial charge >= 0.3 is 7.32 Å². The molecule has 104 heavy (non-hydrogen) atoms. The molecule has 0 heterocycles. The van der Waals surface area contributed by atoms with Gasteiger partial charge in [-0.2, -0.15) is 0 Å². The monoisotopic (exact) mass is 1580 g/mol. The number of hydrogen-bond acceptors (Lipinski definition) is 6. The zero-order chi connectivity index (χ0) is 82.0. The largest absolute Gasteiger partial charge is 0.631 e. The van der Waals surface area contributed by atoms with Gasteiger partial charge in [0.1, 0.15) is 0 Å². The molecule has 0 unspecified atom stereocenters. The van der Waals surface area contributed by atoms with Crippen molar-refractivity contribution in [1.29, 1.82) is 0 Å². The Labute approximate surface area is 552 Å². The fourth-order valence-corrected chi connectivity index (χ4v) is 6.60. The molecule has 6 nitrogen and oxygen atoms in total. The fraction of sp³-hybridized carbons (Fsp3) is 0.158. The molecule has 8 aromatic rings. The van der Waals surface area contributed by atoms with Crippen LogP contribution in [0.2, 0.25) is 0 Å². The summed E-state index contributed by atoms with van der Waals surface area (Å²) in [5.74, 6) is -107. The molecule has 0 aliphatic heterocycles. The highest BCUT2D eigenvalue weighted by Crippen LogP contribution is 2.42. The minimum atomic E-state index is -2.68. The summed E-state index contributed by atoms with van der Waals surface area (Å²) in [5, 5.41) is 21.5. The van der Waals surface area contributed by atoms with Gasteiger partial charge in [-0.1, -0.05) is 0 Å². The molecule has 0 fully saturated rings. The third kappa shape index (κ3) is 19.8. The van der Waals surface area contributed by atoms with E-state index in [1.165, 1.54) is 0 Å². The van der Waals surface area contributed by atoms with Crippen LogP contribution in [0, 0.1) is 233 Å². The van der Waals surface area contributed by atoms with Crippen molar-refractivity contribution in [2.24, 2.45) is 0 Å². The third-order valence-electron chi connectivity index (χ3n) is 10.7. The molecule has 0 aliphatic carbocycles. The van der Waals surface area contributed by atoms with Crippen molar-refractivity contribution in [3.8, 4) is 44.5 Å². The van der Waals surface area contributed by atoms with Gasteiger partial charge in [0.15, 0.2) is 186 Å². The van der Waals surface area contributed by atoms with E-state index in [2.05, 4.69) is 0 Å².